The average molecular weight is 340 g/mol. The molecule has 2 rings (SSSR count). The van der Waals surface area contributed by atoms with Crippen LogP contribution in [-0.2, 0) is 9.59 Å². The van der Waals surface area contributed by atoms with E-state index in [-0.39, 0.29) is 18.4 Å². The predicted molar refractivity (Wildman–Crippen MR) is 82.2 cm³/mol. The van der Waals surface area contributed by atoms with Gasteiger partial charge in [0.25, 0.3) is 0 Å². The number of nitrogens with zero attached hydrogens (tertiary/aromatic N) is 1. The van der Waals surface area contributed by atoms with E-state index in [1.807, 2.05) is 0 Å². The summed E-state index contributed by atoms with van der Waals surface area (Å²) in [6, 6.07) is 5.18. The van der Waals surface area contributed by atoms with E-state index in [0.29, 0.717) is 30.3 Å². The maximum absolute atomic E-state index is 12.0. The standard InChI is InChI=1S/C14H18BrN3O2/c1-2-9-5-14(20)18(7-9)8-13(19)17-12-4-3-10(16)6-11(12)15/h3-4,6,9H,2,5,7-8,16H2,1H3,(H,17,19). The highest BCUT2D eigenvalue weighted by Crippen LogP contribution is 2.25. The van der Waals surface area contributed by atoms with Crippen LogP contribution in [0.2, 0.25) is 0 Å². The van der Waals surface area contributed by atoms with Crippen LogP contribution in [0.25, 0.3) is 0 Å². The number of carbonyl (C=O) groups excluding carboxylic acids is 2. The Balaban J connectivity index is 1.94. The van der Waals surface area contributed by atoms with Crippen molar-refractivity contribution in [3.8, 4) is 0 Å². The number of rotatable bonds is 4. The molecule has 3 N–H and O–H groups in total. The first-order valence-corrected chi connectivity index (χ1v) is 7.41. The summed E-state index contributed by atoms with van der Waals surface area (Å²) in [5, 5.41) is 2.78. The third-order valence-electron chi connectivity index (χ3n) is 3.47. The fourth-order valence-corrected chi connectivity index (χ4v) is 2.77. The first kappa shape index (κ1) is 14.8. The zero-order valence-electron chi connectivity index (χ0n) is 11.4. The van der Waals surface area contributed by atoms with E-state index in [1.54, 1.807) is 23.1 Å². The smallest absolute Gasteiger partial charge is 0.244 e. The molecule has 0 spiro atoms. The number of likely N-dealkylation sites (tertiary alicyclic amines) is 1. The van der Waals surface area contributed by atoms with Crippen LogP contribution >= 0.6 is 15.9 Å². The normalized spacial score (nSPS) is 18.4. The molecular weight excluding hydrogens is 322 g/mol. The minimum Gasteiger partial charge on any atom is -0.399 e. The lowest BCUT2D eigenvalue weighted by Crippen LogP contribution is -2.34. The summed E-state index contributed by atoms with van der Waals surface area (Å²) in [7, 11) is 0. The van der Waals surface area contributed by atoms with E-state index in [9.17, 15) is 9.59 Å². The lowest BCUT2D eigenvalue weighted by molar-refractivity contribution is -0.131. The maximum atomic E-state index is 12.0. The number of hydrogen-bond acceptors (Lipinski definition) is 3. The van der Waals surface area contributed by atoms with Gasteiger partial charge in [-0.2, -0.15) is 0 Å². The molecule has 0 bridgehead atoms. The minimum absolute atomic E-state index is 0.0587. The maximum Gasteiger partial charge on any atom is 0.244 e. The Morgan fingerprint density at radius 1 is 1.55 bits per heavy atom. The number of hydrogen-bond donors (Lipinski definition) is 2. The average Bonchev–Trinajstić information content (AvgIpc) is 2.74. The molecule has 1 atom stereocenters. The largest absolute Gasteiger partial charge is 0.399 e. The summed E-state index contributed by atoms with van der Waals surface area (Å²) >= 11 is 3.35. The van der Waals surface area contributed by atoms with Crippen molar-refractivity contribution in [2.24, 2.45) is 5.92 Å². The highest BCUT2D eigenvalue weighted by atomic mass is 79.9. The Hall–Kier alpha value is -1.56. The molecule has 1 unspecified atom stereocenters. The SMILES string of the molecule is CCC1CC(=O)N(CC(=O)Nc2ccc(N)cc2Br)C1. The minimum atomic E-state index is -0.194. The molecule has 2 amide bonds. The third kappa shape index (κ3) is 3.50. The van der Waals surface area contributed by atoms with E-state index >= 15 is 0 Å². The number of halogens is 1. The molecule has 0 aromatic heterocycles. The summed E-state index contributed by atoms with van der Waals surface area (Å²) in [6.07, 6.45) is 1.52. The quantitative estimate of drug-likeness (QED) is 0.826. The number of benzene rings is 1. The second-order valence-electron chi connectivity index (χ2n) is 5.04. The van der Waals surface area contributed by atoms with Crippen LogP contribution in [0.15, 0.2) is 22.7 Å². The van der Waals surface area contributed by atoms with Gasteiger partial charge in [-0.05, 0) is 40.0 Å². The van der Waals surface area contributed by atoms with Crippen LogP contribution in [0.5, 0.6) is 0 Å². The number of nitrogens with one attached hydrogen (secondary N) is 1. The second kappa shape index (κ2) is 6.26. The van der Waals surface area contributed by atoms with Gasteiger partial charge in [0, 0.05) is 23.1 Å². The van der Waals surface area contributed by atoms with Crippen molar-refractivity contribution in [2.45, 2.75) is 19.8 Å². The van der Waals surface area contributed by atoms with Gasteiger partial charge in [0.2, 0.25) is 11.8 Å². The number of nitrogen functional groups attached to an aromatic ring is 1. The number of amides is 2. The molecular formula is C14H18BrN3O2. The molecule has 5 nitrogen and oxygen atoms in total. The Morgan fingerprint density at radius 3 is 2.90 bits per heavy atom. The van der Waals surface area contributed by atoms with E-state index in [2.05, 4.69) is 28.2 Å². The number of anilines is 2. The van der Waals surface area contributed by atoms with Gasteiger partial charge < -0.3 is 16.0 Å². The van der Waals surface area contributed by atoms with E-state index in [0.717, 1.165) is 10.9 Å². The summed E-state index contributed by atoms with van der Waals surface area (Å²) < 4.78 is 0.727. The first-order valence-electron chi connectivity index (χ1n) is 6.62. The molecule has 1 aromatic rings. The van der Waals surface area contributed by atoms with Crippen molar-refractivity contribution in [1.82, 2.24) is 4.90 Å². The first-order chi connectivity index (χ1) is 9.49. The fraction of sp³-hybridized carbons (Fsp3) is 0.429. The summed E-state index contributed by atoms with van der Waals surface area (Å²) in [5.74, 6) is 0.238. The van der Waals surface area contributed by atoms with Crippen LogP contribution in [0, 0.1) is 5.92 Å². The molecule has 1 aliphatic rings. The molecule has 1 aromatic carbocycles. The van der Waals surface area contributed by atoms with Gasteiger partial charge in [-0.25, -0.2) is 0 Å². The highest BCUT2D eigenvalue weighted by molar-refractivity contribution is 9.10. The van der Waals surface area contributed by atoms with Crippen molar-refractivity contribution in [2.75, 3.05) is 24.1 Å². The molecule has 1 saturated heterocycles. The van der Waals surface area contributed by atoms with Gasteiger partial charge in [-0.3, -0.25) is 9.59 Å². The molecule has 6 heteroatoms. The molecule has 1 heterocycles. The lowest BCUT2D eigenvalue weighted by Gasteiger charge is -2.16. The van der Waals surface area contributed by atoms with Crippen LogP contribution in [0.4, 0.5) is 11.4 Å². The van der Waals surface area contributed by atoms with Crippen molar-refractivity contribution in [1.29, 1.82) is 0 Å². The molecule has 0 aliphatic carbocycles. The molecule has 108 valence electrons. The fourth-order valence-electron chi connectivity index (χ4n) is 2.28. The molecule has 1 aliphatic heterocycles. The Labute approximate surface area is 126 Å². The van der Waals surface area contributed by atoms with Crippen LogP contribution < -0.4 is 11.1 Å². The monoisotopic (exact) mass is 339 g/mol. The predicted octanol–water partition coefficient (Wildman–Crippen LogP) is 2.23. The van der Waals surface area contributed by atoms with Gasteiger partial charge in [0.05, 0.1) is 12.2 Å². The summed E-state index contributed by atoms with van der Waals surface area (Å²) in [5.41, 5.74) is 6.92. The summed E-state index contributed by atoms with van der Waals surface area (Å²) in [6.45, 7) is 2.84. The van der Waals surface area contributed by atoms with Crippen molar-refractivity contribution in [3.05, 3.63) is 22.7 Å². The Morgan fingerprint density at radius 2 is 2.30 bits per heavy atom. The van der Waals surface area contributed by atoms with Crippen LogP contribution in [0.3, 0.4) is 0 Å². The zero-order valence-corrected chi connectivity index (χ0v) is 12.9. The van der Waals surface area contributed by atoms with Crippen LogP contribution in [0.1, 0.15) is 19.8 Å². The Bertz CT molecular complexity index is 533. The van der Waals surface area contributed by atoms with Gasteiger partial charge in [-0.15, -0.1) is 0 Å². The molecule has 0 radical (unpaired) electrons. The highest BCUT2D eigenvalue weighted by Gasteiger charge is 2.29. The molecule has 20 heavy (non-hydrogen) atoms. The molecule has 0 saturated carbocycles. The van der Waals surface area contributed by atoms with Gasteiger partial charge >= 0.3 is 0 Å². The zero-order chi connectivity index (χ0) is 14.7. The number of carbonyl (C=O) groups is 2. The number of nitrogens with two attached hydrogens (primary N) is 1. The Kier molecular flexibility index (Phi) is 4.65. The second-order valence-corrected chi connectivity index (χ2v) is 5.89. The third-order valence-corrected chi connectivity index (χ3v) is 4.13. The van der Waals surface area contributed by atoms with Crippen molar-refractivity contribution in [3.63, 3.8) is 0 Å². The van der Waals surface area contributed by atoms with Gasteiger partial charge in [-0.1, -0.05) is 13.3 Å². The molecule has 1 fully saturated rings. The van der Waals surface area contributed by atoms with Gasteiger partial charge in [0.1, 0.15) is 0 Å². The van der Waals surface area contributed by atoms with E-state index < -0.39 is 0 Å². The van der Waals surface area contributed by atoms with E-state index in [4.69, 9.17) is 5.73 Å². The lowest BCUT2D eigenvalue weighted by atomic mass is 10.1. The topological polar surface area (TPSA) is 75.4 Å². The van der Waals surface area contributed by atoms with Crippen LogP contribution in [-0.4, -0.2) is 29.8 Å². The van der Waals surface area contributed by atoms with E-state index in [1.165, 1.54) is 0 Å². The van der Waals surface area contributed by atoms with Gasteiger partial charge in [0.15, 0.2) is 0 Å². The van der Waals surface area contributed by atoms with Crippen molar-refractivity contribution >= 4 is 39.1 Å². The van der Waals surface area contributed by atoms with Crippen molar-refractivity contribution < 1.29 is 9.59 Å². The summed E-state index contributed by atoms with van der Waals surface area (Å²) in [4.78, 5) is 25.4.